The summed E-state index contributed by atoms with van der Waals surface area (Å²) in [5.74, 6) is 0.382. The van der Waals surface area contributed by atoms with Gasteiger partial charge in [-0.15, -0.1) is 0 Å². The molecule has 1 aromatic heterocycles. The number of esters is 2. The number of hydrogen-bond acceptors (Lipinski definition) is 21. The first-order valence-corrected chi connectivity index (χ1v) is 49.6. The Morgan fingerprint density at radius 3 is 1.18 bits per heavy atom. The standard InChI is InChI=1S/C31H51NO8Si.C16H27ClO3.C16H28O4.C15H25NO5Si.C14H23N/c1-20(2)21(3)12-13-22(4)29-26(39-31(5,6)40-29)18-27(33)32-24-16-23(36-8)17-25(38-19-35-7)28(24)30(34)37-14-15-41(9,10)11;2*1-10(2)11(3)7-8-12(4)15-13(9-14(17)18)19-16(5,6)20-15;1-18-10-21-13-9-11(19-2)8-12(16)14(13)15(17)20-6-7-22(3,4)5;1-10-8-11(13(2,3)4)15-12(9-10)14(5,6)7/h12-13,16-17,20-22,26,29H,14-15,18-19H2,1-11H3,(H,32,33);7-8,10-13,15H,9H2,1-6H3;7-8,10-13,15H,9H2,1-6H3,(H,17,18);8-9H,6-7,10,16H2,1-5H3;8-9H,1-7H3/b13-12-;2*8-7-;;/t21-,22?,26+,29-;2*11-,12?,13+,15-;;/m111../s1. The molecule has 4 N–H and O–H groups in total. The van der Waals surface area contributed by atoms with Gasteiger partial charge in [0.1, 0.15) is 34.1 Å². The number of anilines is 2. The molecule has 3 aliphatic heterocycles. The number of carboxylic acid groups (broad SMARTS) is 1. The van der Waals surface area contributed by atoms with Crippen LogP contribution in [-0.4, -0.2) is 165 Å². The van der Waals surface area contributed by atoms with E-state index in [1.54, 1.807) is 24.3 Å². The van der Waals surface area contributed by atoms with Gasteiger partial charge in [-0.2, -0.15) is 0 Å². The smallest absolute Gasteiger partial charge is 0.344 e. The number of aromatic nitrogens is 1. The number of hydrogen-bond donors (Lipinski definition) is 3. The van der Waals surface area contributed by atoms with Crippen LogP contribution in [0.5, 0.6) is 23.0 Å². The molecule has 26 heteroatoms. The van der Waals surface area contributed by atoms with E-state index in [4.69, 9.17) is 93.7 Å². The number of rotatable bonds is 35. The maximum Gasteiger partial charge on any atom is 0.344 e. The molecule has 0 radical (unpaired) electrons. The molecule has 3 fully saturated rings. The molecule has 118 heavy (non-hydrogen) atoms. The summed E-state index contributed by atoms with van der Waals surface area (Å²) in [5.41, 5.74) is 10.7. The van der Waals surface area contributed by atoms with Crippen LogP contribution in [0.4, 0.5) is 11.4 Å². The fourth-order valence-electron chi connectivity index (χ4n) is 12.1. The Labute approximate surface area is 716 Å². The minimum atomic E-state index is -1.43. The van der Waals surface area contributed by atoms with Crippen molar-refractivity contribution in [3.63, 3.8) is 0 Å². The van der Waals surface area contributed by atoms with E-state index >= 15 is 0 Å². The van der Waals surface area contributed by atoms with Crippen molar-refractivity contribution in [2.75, 3.05) is 66.3 Å². The Morgan fingerprint density at radius 1 is 0.517 bits per heavy atom. The Hall–Kier alpha value is -6.24. The topological polar surface area (TPSA) is 286 Å². The lowest BCUT2D eigenvalue weighted by atomic mass is 9.87. The van der Waals surface area contributed by atoms with Crippen molar-refractivity contribution >= 4 is 68.2 Å². The van der Waals surface area contributed by atoms with Gasteiger partial charge in [-0.25, -0.2) is 9.59 Å². The summed E-state index contributed by atoms with van der Waals surface area (Å²) < 4.78 is 78.2. The lowest BCUT2D eigenvalue weighted by Gasteiger charge is -2.24. The number of allylic oxidation sites excluding steroid dienone is 3. The number of aliphatic carboxylic acids is 1. The molecule has 0 spiro atoms. The summed E-state index contributed by atoms with van der Waals surface area (Å²) in [6, 6.07) is 12.4. The van der Waals surface area contributed by atoms with E-state index in [2.05, 4.69) is 218 Å². The number of carbonyl (C=O) groups is 5. The minimum Gasteiger partial charge on any atom is -0.497 e. The van der Waals surface area contributed by atoms with Crippen LogP contribution in [0.1, 0.15) is 223 Å². The molecule has 3 saturated heterocycles. The maximum absolute atomic E-state index is 13.4. The van der Waals surface area contributed by atoms with Gasteiger partial charge in [0.2, 0.25) is 11.1 Å². The lowest BCUT2D eigenvalue weighted by Crippen LogP contribution is -2.32. The van der Waals surface area contributed by atoms with E-state index in [1.165, 1.54) is 45.4 Å². The maximum atomic E-state index is 13.4. The van der Waals surface area contributed by atoms with Gasteiger partial charge in [-0.3, -0.25) is 19.4 Å². The number of ether oxygens (including phenoxy) is 14. The number of nitrogens with zero attached hydrogens (tertiary/aromatic N) is 1. The van der Waals surface area contributed by atoms with Gasteiger partial charge in [0, 0.05) is 94.6 Å². The van der Waals surface area contributed by atoms with Gasteiger partial charge >= 0.3 is 17.9 Å². The molecule has 0 saturated carbocycles. The summed E-state index contributed by atoms with van der Waals surface area (Å²) in [6.07, 6.45) is 11.4. The first-order chi connectivity index (χ1) is 54.2. The van der Waals surface area contributed by atoms with E-state index in [1.807, 2.05) is 48.5 Å². The number of carbonyl (C=O) groups excluding carboxylic acids is 4. The molecule has 4 heterocycles. The number of methoxy groups -OCH3 is 4. The average molecular weight is 1710 g/mol. The van der Waals surface area contributed by atoms with Gasteiger partial charge in [0.05, 0.1) is 94.7 Å². The van der Waals surface area contributed by atoms with E-state index < -0.39 is 63.6 Å². The third-order valence-corrected chi connectivity index (χ3v) is 23.9. The Morgan fingerprint density at radius 2 is 0.856 bits per heavy atom. The van der Waals surface area contributed by atoms with Crippen molar-refractivity contribution in [3.8, 4) is 23.0 Å². The predicted molar refractivity (Wildman–Crippen MR) is 478 cm³/mol. The summed E-state index contributed by atoms with van der Waals surface area (Å²) in [4.78, 5) is 65.9. The van der Waals surface area contributed by atoms with Crippen molar-refractivity contribution in [3.05, 3.63) is 101 Å². The summed E-state index contributed by atoms with van der Waals surface area (Å²) >= 11 is 5.50. The second-order valence-corrected chi connectivity index (χ2v) is 50.1. The lowest BCUT2D eigenvalue weighted by molar-refractivity contribution is -0.154. The van der Waals surface area contributed by atoms with Gasteiger partial charge in [0.15, 0.2) is 30.9 Å². The largest absolute Gasteiger partial charge is 0.497 e. The molecule has 672 valence electrons. The highest BCUT2D eigenvalue weighted by molar-refractivity contribution is 6.76. The van der Waals surface area contributed by atoms with Crippen molar-refractivity contribution < 1.29 is 95.4 Å². The van der Waals surface area contributed by atoms with Crippen LogP contribution < -0.4 is 30.0 Å². The van der Waals surface area contributed by atoms with Crippen LogP contribution in [0.2, 0.25) is 51.4 Å². The molecule has 3 aromatic rings. The summed E-state index contributed by atoms with van der Waals surface area (Å²) in [5, 5.41) is 11.5. The van der Waals surface area contributed by atoms with Crippen molar-refractivity contribution in [2.45, 2.75) is 309 Å². The Kier molecular flexibility index (Phi) is 44.4. The number of benzene rings is 2. The second kappa shape index (κ2) is 48.6. The quantitative estimate of drug-likeness (QED) is 0.0123. The number of aryl methyl sites for hydroxylation is 1. The SMILES string of the molecule is CC(C)[C@H](C)/C=C\C(C)[C@H]1OC(C)(C)O[C@H]1CC(=O)Cl.CC(C)[C@H](C)/C=C\C(C)[C@H]1OC(C)(C)O[C@H]1CC(=O)O.COCOc1cc(OC)cc(N)c1C(=O)OCC[Si](C)(C)C.COCOc1cc(OC)cc(NC(=O)C[C@@H]2OC(C)(C)O[C@@H]2C(C)/C=C\[C@@H](C)C(C)C)c1C(=O)OCC[Si](C)(C)C.Cc1cc(C(C)(C)C)nc(C(C)(C)C)c1. The van der Waals surface area contributed by atoms with Crippen LogP contribution in [0.15, 0.2) is 72.9 Å². The molecule has 0 aliphatic carbocycles. The zero-order valence-electron chi connectivity index (χ0n) is 78.6. The van der Waals surface area contributed by atoms with Crippen LogP contribution in [0.25, 0.3) is 0 Å². The van der Waals surface area contributed by atoms with E-state index in [-0.39, 0.29) is 138 Å². The van der Waals surface area contributed by atoms with Gasteiger partial charge in [0.25, 0.3) is 0 Å². The normalized spacial score (nSPS) is 20.6. The first-order valence-electron chi connectivity index (χ1n) is 41.8. The summed E-state index contributed by atoms with van der Waals surface area (Å²) in [6.45, 7) is 66.2. The van der Waals surface area contributed by atoms with Crippen molar-refractivity contribution in [2.24, 2.45) is 53.3 Å². The minimum absolute atomic E-state index is 0.00178. The molecule has 12 atom stereocenters. The van der Waals surface area contributed by atoms with Crippen LogP contribution in [0, 0.1) is 60.2 Å². The molecule has 2 aromatic carbocycles. The zero-order chi connectivity index (χ0) is 90.6. The molecule has 23 nitrogen and oxygen atoms in total. The highest BCUT2D eigenvalue weighted by Gasteiger charge is 2.47. The molecule has 6 rings (SSSR count). The fraction of sp³-hybridized carbons (Fsp3) is 0.696. The van der Waals surface area contributed by atoms with E-state index in [9.17, 15) is 24.0 Å². The number of nitrogens with two attached hydrogens (primary N) is 1. The van der Waals surface area contributed by atoms with Gasteiger partial charge < -0.3 is 82.5 Å². The first kappa shape index (κ1) is 108. The van der Waals surface area contributed by atoms with Crippen LogP contribution in [-0.2, 0) is 72.6 Å². The highest BCUT2D eigenvalue weighted by Crippen LogP contribution is 2.41. The monoisotopic (exact) mass is 1710 g/mol. The second-order valence-electron chi connectivity index (χ2n) is 38.4. The third kappa shape index (κ3) is 39.7. The molecular formula is C92H154ClN3O20Si2. The Balaban J connectivity index is 0.000000527. The number of amides is 1. The van der Waals surface area contributed by atoms with Crippen LogP contribution >= 0.6 is 11.6 Å². The third-order valence-electron chi connectivity index (χ3n) is 20.3. The van der Waals surface area contributed by atoms with Crippen LogP contribution in [0.3, 0.4) is 0 Å². The number of nitrogen functional groups attached to an aromatic ring is 1. The number of pyridine rings is 1. The molecule has 3 aliphatic rings. The van der Waals surface area contributed by atoms with Gasteiger partial charge in [-0.1, -0.05) is 200 Å². The molecule has 0 bridgehead atoms. The number of halogens is 1. The van der Waals surface area contributed by atoms with Gasteiger partial charge in [-0.05, 0) is 125 Å². The molecular weight excluding hydrogens is 1560 g/mol. The average Bonchev–Trinajstić information content (AvgIpc) is 1.64. The highest BCUT2D eigenvalue weighted by atomic mass is 35.5. The predicted octanol–water partition coefficient (Wildman–Crippen LogP) is 20.9. The number of carboxylic acids is 1. The number of nitrogens with one attached hydrogen (secondary N) is 1. The fourth-order valence-corrected chi connectivity index (χ4v) is 13.7. The van der Waals surface area contributed by atoms with Crippen molar-refractivity contribution in [1.29, 1.82) is 0 Å². The van der Waals surface area contributed by atoms with Crippen molar-refractivity contribution in [1.82, 2.24) is 4.98 Å². The van der Waals surface area contributed by atoms with E-state index in [0.29, 0.717) is 53.6 Å². The zero-order valence-corrected chi connectivity index (χ0v) is 81.3. The molecule has 1 amide bonds. The van der Waals surface area contributed by atoms with E-state index in [0.717, 1.165) is 12.1 Å². The molecule has 3 unspecified atom stereocenters. The summed E-state index contributed by atoms with van der Waals surface area (Å²) in [7, 11) is 3.29. The Bertz CT molecular complexity index is 3600.